The van der Waals surface area contributed by atoms with Crippen LogP contribution in [0.25, 0.3) is 6.08 Å². The Hall–Kier alpha value is -1.49. The molecule has 0 bridgehead atoms. The lowest BCUT2D eigenvalue weighted by Gasteiger charge is -2.34. The van der Waals surface area contributed by atoms with Crippen LogP contribution in [-0.4, -0.2) is 36.5 Å². The van der Waals surface area contributed by atoms with Gasteiger partial charge in [0.2, 0.25) is 0 Å². The third-order valence-corrected chi connectivity index (χ3v) is 4.46. The Morgan fingerprint density at radius 3 is 2.57 bits per heavy atom. The summed E-state index contributed by atoms with van der Waals surface area (Å²) in [5, 5.41) is 0. The number of carbonyl (C=O) groups is 1. The number of rotatable bonds is 3. The molecule has 2 saturated heterocycles. The standard InChI is InChI=1S/C19H24O4/c1-13-15(20)11-17(18-12-21-19(2,3)23-18)22-16(13)10-9-14-7-5-4-6-8-14/h4-10,13,16-18H,11-12H2,1-3H3/b10-9+/t13-,16+,17-,18+/m1/s1. The average Bonchev–Trinajstić information content (AvgIpc) is 2.90. The molecule has 0 aliphatic carbocycles. The largest absolute Gasteiger partial charge is 0.367 e. The fourth-order valence-electron chi connectivity index (χ4n) is 3.04. The number of hydrogen-bond acceptors (Lipinski definition) is 4. The molecule has 1 aromatic carbocycles. The molecule has 2 aliphatic rings. The summed E-state index contributed by atoms with van der Waals surface area (Å²) in [6, 6.07) is 10.0. The van der Waals surface area contributed by atoms with Crippen molar-refractivity contribution in [3.63, 3.8) is 0 Å². The zero-order valence-electron chi connectivity index (χ0n) is 13.9. The minimum atomic E-state index is -0.602. The van der Waals surface area contributed by atoms with Gasteiger partial charge in [0.15, 0.2) is 5.79 Å². The highest BCUT2D eigenvalue weighted by atomic mass is 16.7. The van der Waals surface area contributed by atoms with Gasteiger partial charge in [0, 0.05) is 12.3 Å². The fraction of sp³-hybridized carbons (Fsp3) is 0.526. The maximum Gasteiger partial charge on any atom is 0.163 e. The van der Waals surface area contributed by atoms with E-state index in [4.69, 9.17) is 14.2 Å². The molecule has 0 radical (unpaired) electrons. The number of ether oxygens (including phenoxy) is 3. The van der Waals surface area contributed by atoms with E-state index in [1.807, 2.05) is 63.3 Å². The molecule has 23 heavy (non-hydrogen) atoms. The first-order valence-corrected chi connectivity index (χ1v) is 8.18. The van der Waals surface area contributed by atoms with Crippen LogP contribution in [0.2, 0.25) is 0 Å². The summed E-state index contributed by atoms with van der Waals surface area (Å²) in [4.78, 5) is 12.3. The van der Waals surface area contributed by atoms with Crippen LogP contribution in [0.15, 0.2) is 36.4 Å². The Kier molecular flexibility index (Phi) is 4.67. The highest BCUT2D eigenvalue weighted by Crippen LogP contribution is 2.32. The first-order chi connectivity index (χ1) is 10.9. The number of benzene rings is 1. The molecular formula is C19H24O4. The minimum absolute atomic E-state index is 0.137. The number of carbonyl (C=O) groups excluding carboxylic acids is 1. The molecule has 3 rings (SSSR count). The van der Waals surface area contributed by atoms with E-state index < -0.39 is 5.79 Å². The lowest BCUT2D eigenvalue weighted by Crippen LogP contribution is -2.45. The molecule has 0 spiro atoms. The van der Waals surface area contributed by atoms with E-state index in [2.05, 4.69) is 0 Å². The summed E-state index contributed by atoms with van der Waals surface area (Å²) < 4.78 is 17.6. The van der Waals surface area contributed by atoms with Crippen LogP contribution in [0.3, 0.4) is 0 Å². The van der Waals surface area contributed by atoms with Crippen LogP contribution in [-0.2, 0) is 19.0 Å². The molecule has 2 fully saturated rings. The van der Waals surface area contributed by atoms with E-state index >= 15 is 0 Å². The van der Waals surface area contributed by atoms with Crippen LogP contribution in [0.5, 0.6) is 0 Å². The van der Waals surface area contributed by atoms with Crippen molar-refractivity contribution >= 4 is 11.9 Å². The fourth-order valence-corrected chi connectivity index (χ4v) is 3.04. The molecule has 2 heterocycles. The number of ketones is 1. The van der Waals surface area contributed by atoms with Gasteiger partial charge >= 0.3 is 0 Å². The molecule has 124 valence electrons. The van der Waals surface area contributed by atoms with Gasteiger partial charge in [-0.3, -0.25) is 4.79 Å². The molecule has 0 saturated carbocycles. The van der Waals surface area contributed by atoms with E-state index in [-0.39, 0.29) is 30.0 Å². The van der Waals surface area contributed by atoms with Crippen molar-refractivity contribution in [3.8, 4) is 0 Å². The van der Waals surface area contributed by atoms with Crippen LogP contribution < -0.4 is 0 Å². The van der Waals surface area contributed by atoms with E-state index in [1.54, 1.807) is 0 Å². The topological polar surface area (TPSA) is 44.8 Å². The Morgan fingerprint density at radius 1 is 1.17 bits per heavy atom. The highest BCUT2D eigenvalue weighted by Gasteiger charge is 2.43. The first kappa shape index (κ1) is 16.4. The van der Waals surface area contributed by atoms with Gasteiger partial charge in [0.05, 0.1) is 18.8 Å². The van der Waals surface area contributed by atoms with Crippen molar-refractivity contribution in [2.75, 3.05) is 6.61 Å². The lowest BCUT2D eigenvalue weighted by atomic mass is 9.89. The zero-order chi connectivity index (χ0) is 16.4. The van der Waals surface area contributed by atoms with Gasteiger partial charge in [-0.25, -0.2) is 0 Å². The number of Topliss-reactive ketones (excluding diaryl/α,β-unsaturated/α-hetero) is 1. The van der Waals surface area contributed by atoms with Crippen molar-refractivity contribution in [3.05, 3.63) is 42.0 Å². The van der Waals surface area contributed by atoms with Gasteiger partial charge in [-0.05, 0) is 19.4 Å². The van der Waals surface area contributed by atoms with Gasteiger partial charge in [-0.2, -0.15) is 0 Å². The highest BCUT2D eigenvalue weighted by molar-refractivity contribution is 5.83. The summed E-state index contributed by atoms with van der Waals surface area (Å²) in [5.41, 5.74) is 1.10. The third-order valence-electron chi connectivity index (χ3n) is 4.46. The Bertz CT molecular complexity index is 578. The van der Waals surface area contributed by atoms with Crippen molar-refractivity contribution in [2.24, 2.45) is 5.92 Å². The molecule has 0 N–H and O–H groups in total. The van der Waals surface area contributed by atoms with Crippen molar-refractivity contribution in [2.45, 2.75) is 51.3 Å². The quantitative estimate of drug-likeness (QED) is 0.859. The third kappa shape index (κ3) is 3.89. The Morgan fingerprint density at radius 2 is 1.91 bits per heavy atom. The first-order valence-electron chi connectivity index (χ1n) is 8.18. The van der Waals surface area contributed by atoms with Crippen molar-refractivity contribution < 1.29 is 19.0 Å². The van der Waals surface area contributed by atoms with E-state index in [0.717, 1.165) is 5.56 Å². The Balaban J connectivity index is 1.70. The monoisotopic (exact) mass is 316 g/mol. The SMILES string of the molecule is C[C@@H]1C(=O)C[C@H]([C@@H]2COC(C)(C)O2)O[C@H]1/C=C/c1ccccc1. The van der Waals surface area contributed by atoms with Gasteiger partial charge in [-0.15, -0.1) is 0 Å². The van der Waals surface area contributed by atoms with Gasteiger partial charge in [0.1, 0.15) is 11.9 Å². The van der Waals surface area contributed by atoms with Gasteiger partial charge in [-0.1, -0.05) is 49.4 Å². The van der Waals surface area contributed by atoms with Gasteiger partial charge in [0.25, 0.3) is 0 Å². The van der Waals surface area contributed by atoms with Crippen LogP contribution in [0.1, 0.15) is 32.8 Å². The van der Waals surface area contributed by atoms with Crippen LogP contribution in [0, 0.1) is 5.92 Å². The summed E-state index contributed by atoms with van der Waals surface area (Å²) in [7, 11) is 0. The predicted molar refractivity (Wildman–Crippen MR) is 87.8 cm³/mol. The summed E-state index contributed by atoms with van der Waals surface area (Å²) >= 11 is 0. The molecule has 0 amide bonds. The van der Waals surface area contributed by atoms with Crippen molar-refractivity contribution in [1.29, 1.82) is 0 Å². The summed E-state index contributed by atoms with van der Waals surface area (Å²) in [6.07, 6.45) is 3.72. The smallest absolute Gasteiger partial charge is 0.163 e. The molecule has 4 heteroatoms. The summed E-state index contributed by atoms with van der Waals surface area (Å²) in [5.74, 6) is -0.519. The zero-order valence-corrected chi connectivity index (χ0v) is 13.9. The average molecular weight is 316 g/mol. The van der Waals surface area contributed by atoms with E-state index in [1.165, 1.54) is 0 Å². The molecular weight excluding hydrogens is 292 g/mol. The van der Waals surface area contributed by atoms with E-state index in [0.29, 0.717) is 13.0 Å². The predicted octanol–water partition coefficient (Wildman–Crippen LogP) is 3.21. The second kappa shape index (κ2) is 6.56. The summed E-state index contributed by atoms with van der Waals surface area (Å²) in [6.45, 7) is 6.16. The van der Waals surface area contributed by atoms with Crippen molar-refractivity contribution in [1.82, 2.24) is 0 Å². The normalized spacial score (nSPS) is 34.1. The Labute approximate surface area is 137 Å². The van der Waals surface area contributed by atoms with Crippen LogP contribution in [0.4, 0.5) is 0 Å². The van der Waals surface area contributed by atoms with Gasteiger partial charge < -0.3 is 14.2 Å². The maximum atomic E-state index is 12.3. The minimum Gasteiger partial charge on any atom is -0.367 e. The second-order valence-corrected chi connectivity index (χ2v) is 6.74. The molecule has 4 nitrogen and oxygen atoms in total. The molecule has 2 aliphatic heterocycles. The lowest BCUT2D eigenvalue weighted by molar-refractivity contribution is -0.175. The number of hydrogen-bond donors (Lipinski definition) is 0. The molecule has 0 unspecified atom stereocenters. The molecule has 4 atom stereocenters. The molecule has 0 aromatic heterocycles. The second-order valence-electron chi connectivity index (χ2n) is 6.74. The molecule has 1 aromatic rings. The maximum absolute atomic E-state index is 12.3. The van der Waals surface area contributed by atoms with E-state index in [9.17, 15) is 4.79 Å². The van der Waals surface area contributed by atoms with Crippen LogP contribution >= 0.6 is 0 Å².